The zero-order chi connectivity index (χ0) is 37.3. The predicted molar refractivity (Wildman–Crippen MR) is 184 cm³/mol. The number of nitrogens with two attached hydrogens (primary N) is 1. The van der Waals surface area contributed by atoms with Gasteiger partial charge in [0, 0.05) is 12.8 Å². The molecule has 1 amide bonds. The molecule has 5 rings (SSSR count). The van der Waals surface area contributed by atoms with Crippen molar-refractivity contribution in [3.63, 3.8) is 0 Å². The van der Waals surface area contributed by atoms with E-state index in [1.807, 2.05) is 84.9 Å². The first-order valence-corrected chi connectivity index (χ1v) is 16.7. The molecule has 272 valence electrons. The number of rotatable bonds is 17. The van der Waals surface area contributed by atoms with Gasteiger partial charge < -0.3 is 39.0 Å². The number of ether oxygens (including phenoxy) is 5. The zero-order valence-electron chi connectivity index (χ0n) is 29.0. The molecule has 0 unspecified atom stereocenters. The molecule has 4 atom stereocenters. The van der Waals surface area contributed by atoms with Crippen molar-refractivity contribution in [1.82, 2.24) is 14.8 Å². The third-order valence-electron chi connectivity index (χ3n) is 8.49. The van der Waals surface area contributed by atoms with Gasteiger partial charge in [0.1, 0.15) is 35.3 Å². The maximum atomic E-state index is 13.2. The molecule has 14 heteroatoms. The van der Waals surface area contributed by atoms with Crippen molar-refractivity contribution in [3.8, 4) is 5.75 Å². The molecule has 0 spiro atoms. The average molecular weight is 713 g/mol. The summed E-state index contributed by atoms with van der Waals surface area (Å²) in [6, 6.07) is 26.4. The van der Waals surface area contributed by atoms with E-state index in [1.54, 1.807) is 7.11 Å². The Hall–Kier alpha value is -5.73. The molecule has 4 aromatic rings. The van der Waals surface area contributed by atoms with Crippen LogP contribution in [0, 0.1) is 0 Å². The van der Waals surface area contributed by atoms with Gasteiger partial charge >= 0.3 is 11.9 Å². The predicted octanol–water partition coefficient (Wildman–Crippen LogP) is 3.85. The Morgan fingerprint density at radius 2 is 1.27 bits per heavy atom. The van der Waals surface area contributed by atoms with Crippen molar-refractivity contribution in [2.24, 2.45) is 5.73 Å². The first-order chi connectivity index (χ1) is 25.0. The van der Waals surface area contributed by atoms with Crippen LogP contribution in [0.4, 0.5) is 0 Å². The highest BCUT2D eigenvalue weighted by Gasteiger charge is 2.52. The van der Waals surface area contributed by atoms with Crippen LogP contribution in [0.5, 0.6) is 5.75 Å². The number of nitrogens with zero attached hydrogens (tertiary/aromatic N) is 3. The number of ketones is 2. The van der Waals surface area contributed by atoms with Crippen LogP contribution in [-0.4, -0.2) is 76.2 Å². The SMILES string of the molecule is COc1ccc(C(OC[C@H]2O[C@@H](n3cnc(C(N)=O)n3)[C@H](OC(=O)CCC(C)=O)[C@@H]2OC(=O)CCC(C)=O)(c2ccccc2)c2ccccc2)cc1. The van der Waals surface area contributed by atoms with E-state index in [0.29, 0.717) is 5.75 Å². The fourth-order valence-electron chi connectivity index (χ4n) is 5.94. The van der Waals surface area contributed by atoms with Crippen LogP contribution < -0.4 is 10.5 Å². The number of carbonyl (C=O) groups is 5. The molecule has 1 aliphatic rings. The van der Waals surface area contributed by atoms with Gasteiger partial charge in [-0.05, 0) is 42.7 Å². The van der Waals surface area contributed by atoms with E-state index in [-0.39, 0.29) is 49.7 Å². The number of hydrogen-bond donors (Lipinski definition) is 1. The molecule has 0 saturated carbocycles. The van der Waals surface area contributed by atoms with E-state index < -0.39 is 48.0 Å². The van der Waals surface area contributed by atoms with Gasteiger partial charge in [-0.15, -0.1) is 5.10 Å². The van der Waals surface area contributed by atoms with Crippen LogP contribution >= 0.6 is 0 Å². The second-order valence-corrected chi connectivity index (χ2v) is 12.2. The largest absolute Gasteiger partial charge is 0.497 e. The molecule has 1 saturated heterocycles. The Labute approximate surface area is 300 Å². The summed E-state index contributed by atoms with van der Waals surface area (Å²) in [5.41, 5.74) is 6.43. The lowest BCUT2D eigenvalue weighted by Crippen LogP contribution is -2.43. The summed E-state index contributed by atoms with van der Waals surface area (Å²) in [6.45, 7) is 2.46. The van der Waals surface area contributed by atoms with Crippen LogP contribution in [-0.2, 0) is 43.7 Å². The third kappa shape index (κ3) is 8.76. The minimum Gasteiger partial charge on any atom is -0.497 e. The molecule has 0 bridgehead atoms. The Morgan fingerprint density at radius 3 is 1.75 bits per heavy atom. The van der Waals surface area contributed by atoms with Gasteiger partial charge in [-0.3, -0.25) is 14.4 Å². The van der Waals surface area contributed by atoms with E-state index in [1.165, 1.54) is 20.2 Å². The Bertz CT molecular complexity index is 1820. The van der Waals surface area contributed by atoms with Gasteiger partial charge in [0.15, 0.2) is 18.4 Å². The lowest BCUT2D eigenvalue weighted by atomic mass is 9.80. The van der Waals surface area contributed by atoms with Gasteiger partial charge in [-0.1, -0.05) is 72.8 Å². The molecule has 2 heterocycles. The highest BCUT2D eigenvalue weighted by molar-refractivity contribution is 5.88. The summed E-state index contributed by atoms with van der Waals surface area (Å²) < 4.78 is 31.8. The van der Waals surface area contributed by atoms with E-state index in [4.69, 9.17) is 29.4 Å². The van der Waals surface area contributed by atoms with Crippen molar-refractivity contribution < 1.29 is 47.7 Å². The van der Waals surface area contributed by atoms with Crippen molar-refractivity contribution >= 4 is 29.4 Å². The van der Waals surface area contributed by atoms with Gasteiger partial charge in [0.05, 0.1) is 26.6 Å². The summed E-state index contributed by atoms with van der Waals surface area (Å²) >= 11 is 0. The Morgan fingerprint density at radius 1 is 0.750 bits per heavy atom. The Balaban J connectivity index is 1.59. The van der Waals surface area contributed by atoms with E-state index >= 15 is 0 Å². The summed E-state index contributed by atoms with van der Waals surface area (Å²) in [7, 11) is 1.57. The fraction of sp³-hybridized carbons (Fsp3) is 0.342. The number of aromatic nitrogens is 3. The van der Waals surface area contributed by atoms with Gasteiger partial charge in [-0.2, -0.15) is 0 Å². The van der Waals surface area contributed by atoms with Crippen LogP contribution in [0.15, 0.2) is 91.3 Å². The van der Waals surface area contributed by atoms with Crippen molar-refractivity contribution in [2.45, 2.75) is 69.7 Å². The minimum atomic E-state index is -1.35. The van der Waals surface area contributed by atoms with Crippen LogP contribution in [0.2, 0.25) is 0 Å². The number of methoxy groups -OCH3 is 1. The number of Topliss-reactive ketones (excluding diaryl/α,β-unsaturated/α-hetero) is 2. The number of amides is 1. The quantitative estimate of drug-likeness (QED) is 0.123. The lowest BCUT2D eigenvalue weighted by molar-refractivity contribution is -0.169. The summed E-state index contributed by atoms with van der Waals surface area (Å²) in [6.07, 6.45) is -4.51. The second-order valence-electron chi connectivity index (χ2n) is 12.2. The molecule has 52 heavy (non-hydrogen) atoms. The topological polar surface area (TPSA) is 188 Å². The van der Waals surface area contributed by atoms with Crippen LogP contribution in [0.1, 0.15) is 73.1 Å². The number of benzene rings is 3. The third-order valence-corrected chi connectivity index (χ3v) is 8.49. The standard InChI is InChI=1S/C38H40N4O10/c1-24(43)14-20-31(45)51-33-30(50-37(42-23-40-36(41-42)35(39)47)34(33)52-32(46)21-15-25(2)44)22-49-38(26-10-6-4-7-11-26,27-12-8-5-9-13-27)28-16-18-29(48-3)19-17-28/h4-13,16-19,23,30,33-34,37H,14-15,20-22H2,1-3H3,(H2,39,47)/t30-,33-,34-,37-/m1/s1. The normalized spacial score (nSPS) is 18.4. The van der Waals surface area contributed by atoms with Gasteiger partial charge in [-0.25, -0.2) is 9.67 Å². The number of esters is 2. The first kappa shape index (κ1) is 37.5. The molecule has 1 fully saturated rings. The molecule has 1 aliphatic heterocycles. The van der Waals surface area contributed by atoms with E-state index in [2.05, 4.69) is 10.1 Å². The monoisotopic (exact) mass is 712 g/mol. The zero-order valence-corrected chi connectivity index (χ0v) is 29.0. The smallest absolute Gasteiger partial charge is 0.306 e. The maximum absolute atomic E-state index is 13.2. The highest BCUT2D eigenvalue weighted by atomic mass is 16.7. The maximum Gasteiger partial charge on any atom is 0.306 e. The average Bonchev–Trinajstić information content (AvgIpc) is 3.77. The van der Waals surface area contributed by atoms with Gasteiger partial charge in [0.2, 0.25) is 5.82 Å². The molecular weight excluding hydrogens is 672 g/mol. The number of carbonyl (C=O) groups excluding carboxylic acids is 5. The lowest BCUT2D eigenvalue weighted by Gasteiger charge is -2.37. The second kappa shape index (κ2) is 17.0. The molecule has 3 aromatic carbocycles. The molecule has 1 aromatic heterocycles. The molecular formula is C38H40N4O10. The minimum absolute atomic E-state index is 0.0757. The number of primary amides is 1. The molecule has 14 nitrogen and oxygen atoms in total. The van der Waals surface area contributed by atoms with E-state index in [9.17, 15) is 24.0 Å². The highest BCUT2D eigenvalue weighted by Crippen LogP contribution is 2.43. The fourth-order valence-corrected chi connectivity index (χ4v) is 5.94. The van der Waals surface area contributed by atoms with Crippen LogP contribution in [0.25, 0.3) is 0 Å². The van der Waals surface area contributed by atoms with Crippen molar-refractivity contribution in [2.75, 3.05) is 13.7 Å². The van der Waals surface area contributed by atoms with Crippen molar-refractivity contribution in [1.29, 1.82) is 0 Å². The van der Waals surface area contributed by atoms with Gasteiger partial charge in [0.25, 0.3) is 5.91 Å². The summed E-state index contributed by atoms with van der Waals surface area (Å²) in [5, 5.41) is 4.12. The molecule has 0 radical (unpaired) electrons. The molecule has 2 N–H and O–H groups in total. The number of hydrogen-bond acceptors (Lipinski definition) is 12. The Kier molecular flexibility index (Phi) is 12.3. The van der Waals surface area contributed by atoms with E-state index in [0.717, 1.165) is 21.4 Å². The van der Waals surface area contributed by atoms with Crippen molar-refractivity contribution in [3.05, 3.63) is 114 Å². The summed E-state index contributed by atoms with van der Waals surface area (Å²) in [5.74, 6) is -2.56. The van der Waals surface area contributed by atoms with Crippen LogP contribution in [0.3, 0.4) is 0 Å². The first-order valence-electron chi connectivity index (χ1n) is 16.7. The summed E-state index contributed by atoms with van der Waals surface area (Å²) in [4.78, 5) is 65.5. The molecule has 0 aliphatic carbocycles.